The lowest BCUT2D eigenvalue weighted by Gasteiger charge is -2.15. The molecule has 114 valence electrons. The fraction of sp³-hybridized carbons (Fsp3) is 0.467. The van der Waals surface area contributed by atoms with Crippen molar-refractivity contribution >= 4 is 11.8 Å². The largest absolute Gasteiger partial charge is 0.352 e. The Labute approximate surface area is 123 Å². The van der Waals surface area contributed by atoms with Crippen molar-refractivity contribution in [3.05, 3.63) is 35.6 Å². The Morgan fingerprint density at radius 1 is 1.33 bits per heavy atom. The van der Waals surface area contributed by atoms with Gasteiger partial charge in [-0.1, -0.05) is 0 Å². The van der Waals surface area contributed by atoms with Crippen molar-refractivity contribution in [1.29, 1.82) is 0 Å². The molecule has 3 N–H and O–H groups in total. The molecule has 1 atom stereocenters. The summed E-state index contributed by atoms with van der Waals surface area (Å²) in [5.41, 5.74) is 6.17. The van der Waals surface area contributed by atoms with Crippen LogP contribution in [0.25, 0.3) is 0 Å². The van der Waals surface area contributed by atoms with E-state index in [4.69, 9.17) is 5.73 Å². The molecule has 5 nitrogen and oxygen atoms in total. The molecule has 6 heteroatoms. The van der Waals surface area contributed by atoms with Gasteiger partial charge in [-0.25, -0.2) is 4.39 Å². The highest BCUT2D eigenvalue weighted by Crippen LogP contribution is 2.09. The second kappa shape index (κ2) is 7.17. The number of rotatable bonds is 5. The number of likely N-dealkylation sites (tertiary alicyclic amines) is 1. The van der Waals surface area contributed by atoms with Gasteiger partial charge in [-0.05, 0) is 37.1 Å². The minimum atomic E-state index is -0.374. The molecule has 0 bridgehead atoms. The highest BCUT2D eigenvalue weighted by Gasteiger charge is 2.22. The van der Waals surface area contributed by atoms with Gasteiger partial charge in [0, 0.05) is 37.7 Å². The van der Waals surface area contributed by atoms with Crippen LogP contribution < -0.4 is 11.1 Å². The van der Waals surface area contributed by atoms with E-state index in [-0.39, 0.29) is 23.7 Å². The predicted octanol–water partition coefficient (Wildman–Crippen LogP) is 0.895. The van der Waals surface area contributed by atoms with Gasteiger partial charge < -0.3 is 16.0 Å². The van der Waals surface area contributed by atoms with Crippen LogP contribution in [0.2, 0.25) is 0 Å². The molecule has 0 radical (unpaired) electrons. The van der Waals surface area contributed by atoms with Crippen molar-refractivity contribution in [3.63, 3.8) is 0 Å². The molecule has 0 unspecified atom stereocenters. The van der Waals surface area contributed by atoms with Crippen LogP contribution in [0.5, 0.6) is 0 Å². The van der Waals surface area contributed by atoms with Gasteiger partial charge in [0.2, 0.25) is 5.91 Å². The summed E-state index contributed by atoms with van der Waals surface area (Å²) in [4.78, 5) is 25.4. The van der Waals surface area contributed by atoms with Crippen molar-refractivity contribution in [3.8, 4) is 0 Å². The maximum absolute atomic E-state index is 12.7. The van der Waals surface area contributed by atoms with Crippen LogP contribution in [0.1, 0.15) is 29.6 Å². The maximum atomic E-state index is 12.7. The lowest BCUT2D eigenvalue weighted by Crippen LogP contribution is -2.32. The monoisotopic (exact) mass is 293 g/mol. The summed E-state index contributed by atoms with van der Waals surface area (Å²) in [6.07, 6.45) is 1.83. The van der Waals surface area contributed by atoms with Gasteiger partial charge in [-0.15, -0.1) is 0 Å². The van der Waals surface area contributed by atoms with E-state index < -0.39 is 0 Å². The standard InChI is InChI=1S/C15H20FN3O2/c16-12-5-3-11(4-6-12)15(21)18-8-1-2-14(20)19-9-7-13(17)10-19/h3-6,13H,1-2,7-10,17H2,(H,18,21)/t13-/m1/s1. The third kappa shape index (κ3) is 4.53. The molecule has 2 amide bonds. The minimum Gasteiger partial charge on any atom is -0.352 e. The number of hydrogen-bond donors (Lipinski definition) is 2. The Morgan fingerprint density at radius 3 is 2.67 bits per heavy atom. The summed E-state index contributed by atoms with van der Waals surface area (Å²) in [6.45, 7) is 1.77. The summed E-state index contributed by atoms with van der Waals surface area (Å²) in [7, 11) is 0. The van der Waals surface area contributed by atoms with Crippen LogP contribution in [0.15, 0.2) is 24.3 Å². The van der Waals surface area contributed by atoms with Gasteiger partial charge >= 0.3 is 0 Å². The first-order valence-electron chi connectivity index (χ1n) is 7.13. The second-order valence-electron chi connectivity index (χ2n) is 5.25. The molecule has 1 aliphatic heterocycles. The number of halogens is 1. The molecule has 1 aromatic rings. The molecule has 1 aromatic carbocycles. The van der Waals surface area contributed by atoms with Gasteiger partial charge in [-0.3, -0.25) is 9.59 Å². The number of carbonyl (C=O) groups excluding carboxylic acids is 2. The van der Waals surface area contributed by atoms with Gasteiger partial charge in [0.25, 0.3) is 5.91 Å². The molecule has 21 heavy (non-hydrogen) atoms. The zero-order chi connectivity index (χ0) is 15.2. The van der Waals surface area contributed by atoms with E-state index in [0.717, 1.165) is 13.0 Å². The first kappa shape index (κ1) is 15.4. The van der Waals surface area contributed by atoms with Gasteiger partial charge in [0.15, 0.2) is 0 Å². The Balaban J connectivity index is 1.66. The van der Waals surface area contributed by atoms with Crippen LogP contribution in [0, 0.1) is 5.82 Å². The molecule has 1 heterocycles. The van der Waals surface area contributed by atoms with E-state index in [1.54, 1.807) is 4.90 Å². The van der Waals surface area contributed by atoms with Crippen LogP contribution in [-0.4, -0.2) is 42.4 Å². The summed E-state index contributed by atoms with van der Waals surface area (Å²) < 4.78 is 12.7. The molecule has 1 fully saturated rings. The van der Waals surface area contributed by atoms with Gasteiger partial charge in [-0.2, -0.15) is 0 Å². The normalized spacial score (nSPS) is 17.8. The van der Waals surface area contributed by atoms with Crippen LogP contribution >= 0.6 is 0 Å². The van der Waals surface area contributed by atoms with Crippen molar-refractivity contribution in [2.45, 2.75) is 25.3 Å². The van der Waals surface area contributed by atoms with Crippen molar-refractivity contribution in [1.82, 2.24) is 10.2 Å². The zero-order valence-electron chi connectivity index (χ0n) is 11.8. The van der Waals surface area contributed by atoms with E-state index in [1.165, 1.54) is 24.3 Å². The highest BCUT2D eigenvalue weighted by atomic mass is 19.1. The first-order chi connectivity index (χ1) is 10.1. The second-order valence-corrected chi connectivity index (χ2v) is 5.25. The third-order valence-corrected chi connectivity index (χ3v) is 3.54. The number of benzene rings is 1. The average molecular weight is 293 g/mol. The van der Waals surface area contributed by atoms with Crippen LogP contribution in [-0.2, 0) is 4.79 Å². The van der Waals surface area contributed by atoms with E-state index in [1.807, 2.05) is 0 Å². The topological polar surface area (TPSA) is 75.4 Å². The Bertz CT molecular complexity index is 504. The molecule has 0 spiro atoms. The lowest BCUT2D eigenvalue weighted by molar-refractivity contribution is -0.130. The summed E-state index contributed by atoms with van der Waals surface area (Å²) in [5.74, 6) is -0.550. The van der Waals surface area contributed by atoms with Crippen LogP contribution in [0.4, 0.5) is 4.39 Å². The first-order valence-corrected chi connectivity index (χ1v) is 7.13. The molecule has 1 aliphatic rings. The SMILES string of the molecule is N[C@@H]1CCN(C(=O)CCCNC(=O)c2ccc(F)cc2)C1. The average Bonchev–Trinajstić information content (AvgIpc) is 2.90. The number of nitrogens with zero attached hydrogens (tertiary/aromatic N) is 1. The smallest absolute Gasteiger partial charge is 0.251 e. The van der Waals surface area contributed by atoms with Crippen molar-refractivity contribution in [2.24, 2.45) is 5.73 Å². The minimum absolute atomic E-state index is 0.0824. The van der Waals surface area contributed by atoms with E-state index >= 15 is 0 Å². The van der Waals surface area contributed by atoms with Crippen molar-refractivity contribution in [2.75, 3.05) is 19.6 Å². The fourth-order valence-corrected chi connectivity index (χ4v) is 2.32. The van der Waals surface area contributed by atoms with Gasteiger partial charge in [0.05, 0.1) is 0 Å². The molecule has 0 saturated carbocycles. The van der Waals surface area contributed by atoms with E-state index in [0.29, 0.717) is 31.5 Å². The molecule has 0 aromatic heterocycles. The fourth-order valence-electron chi connectivity index (χ4n) is 2.32. The molecular weight excluding hydrogens is 273 g/mol. The number of nitrogens with one attached hydrogen (secondary N) is 1. The van der Waals surface area contributed by atoms with Crippen LogP contribution in [0.3, 0.4) is 0 Å². The molecular formula is C15H20FN3O2. The number of amides is 2. The highest BCUT2D eigenvalue weighted by molar-refractivity contribution is 5.94. The third-order valence-electron chi connectivity index (χ3n) is 3.54. The molecule has 2 rings (SSSR count). The lowest BCUT2D eigenvalue weighted by atomic mass is 10.2. The predicted molar refractivity (Wildman–Crippen MR) is 77.1 cm³/mol. The number of hydrogen-bond acceptors (Lipinski definition) is 3. The van der Waals surface area contributed by atoms with Gasteiger partial charge in [0.1, 0.15) is 5.82 Å². The Morgan fingerprint density at radius 2 is 2.05 bits per heavy atom. The Hall–Kier alpha value is -1.95. The summed E-state index contributed by atoms with van der Waals surface area (Å²) in [6, 6.07) is 5.44. The van der Waals surface area contributed by atoms with Crippen molar-refractivity contribution < 1.29 is 14.0 Å². The summed E-state index contributed by atoms with van der Waals surface area (Å²) in [5, 5.41) is 2.72. The molecule has 1 saturated heterocycles. The summed E-state index contributed by atoms with van der Waals surface area (Å²) >= 11 is 0. The van der Waals surface area contributed by atoms with E-state index in [9.17, 15) is 14.0 Å². The number of nitrogens with two attached hydrogens (primary N) is 1. The molecule has 0 aliphatic carbocycles. The zero-order valence-corrected chi connectivity index (χ0v) is 11.8. The maximum Gasteiger partial charge on any atom is 0.251 e. The number of carbonyl (C=O) groups is 2. The Kier molecular flexibility index (Phi) is 5.27. The van der Waals surface area contributed by atoms with E-state index in [2.05, 4.69) is 5.32 Å². The quantitative estimate of drug-likeness (QED) is 0.792.